The van der Waals surface area contributed by atoms with Gasteiger partial charge in [-0.1, -0.05) is 23.2 Å². The van der Waals surface area contributed by atoms with Gasteiger partial charge in [-0.05, 0) is 31.2 Å². The highest BCUT2D eigenvalue weighted by Gasteiger charge is 2.24. The van der Waals surface area contributed by atoms with Gasteiger partial charge in [0.2, 0.25) is 0 Å². The molecule has 0 amide bonds. The average Bonchev–Trinajstić information content (AvgIpc) is 2.72. The number of aromatic nitrogens is 2. The van der Waals surface area contributed by atoms with Crippen molar-refractivity contribution in [1.29, 1.82) is 0 Å². The second-order valence-electron chi connectivity index (χ2n) is 6.55. The summed E-state index contributed by atoms with van der Waals surface area (Å²) >= 11 is 12.4. The third-order valence-corrected chi connectivity index (χ3v) is 5.15. The summed E-state index contributed by atoms with van der Waals surface area (Å²) in [5.41, 5.74) is 3.30. The van der Waals surface area contributed by atoms with E-state index >= 15 is 0 Å². The summed E-state index contributed by atoms with van der Waals surface area (Å²) in [6.07, 6.45) is 3.26. The van der Waals surface area contributed by atoms with E-state index < -0.39 is 5.97 Å². The van der Waals surface area contributed by atoms with Gasteiger partial charge in [0.25, 0.3) is 0 Å². The number of fused-ring (bicyclic) bond motifs is 1. The minimum absolute atomic E-state index is 0.294. The summed E-state index contributed by atoms with van der Waals surface area (Å²) in [6.45, 7) is 4.61. The molecule has 0 radical (unpaired) electrons. The van der Waals surface area contributed by atoms with Crippen molar-refractivity contribution in [2.45, 2.75) is 6.92 Å². The molecule has 8 heteroatoms. The number of ether oxygens (including phenoxy) is 2. The Kier molecular flexibility index (Phi) is 5.85. The van der Waals surface area contributed by atoms with E-state index in [9.17, 15) is 4.79 Å². The van der Waals surface area contributed by atoms with Crippen LogP contribution in [0.3, 0.4) is 0 Å². The lowest BCUT2D eigenvalue weighted by Crippen LogP contribution is -2.37. The molecule has 1 aliphatic heterocycles. The van der Waals surface area contributed by atoms with Crippen molar-refractivity contribution >= 4 is 45.8 Å². The zero-order valence-corrected chi connectivity index (χ0v) is 17.3. The smallest absolute Gasteiger partial charge is 0.341 e. The molecule has 1 saturated heterocycles. The monoisotopic (exact) mass is 431 g/mol. The van der Waals surface area contributed by atoms with Crippen molar-refractivity contribution in [2.24, 2.45) is 0 Å². The Balaban J connectivity index is 1.95. The van der Waals surface area contributed by atoms with Gasteiger partial charge in [0.15, 0.2) is 0 Å². The van der Waals surface area contributed by atoms with E-state index in [1.165, 1.54) is 0 Å². The number of carbonyl (C=O) groups excluding carboxylic acids is 1. The number of anilines is 1. The molecule has 0 N–H and O–H groups in total. The first-order valence-electron chi connectivity index (χ1n) is 9.32. The Hall–Kier alpha value is -2.41. The summed E-state index contributed by atoms with van der Waals surface area (Å²) in [5.74, 6) is -0.396. The lowest BCUT2D eigenvalue weighted by Gasteiger charge is -2.31. The summed E-state index contributed by atoms with van der Waals surface area (Å²) in [7, 11) is 0. The Morgan fingerprint density at radius 3 is 2.59 bits per heavy atom. The van der Waals surface area contributed by atoms with E-state index in [0.29, 0.717) is 59.7 Å². The third kappa shape index (κ3) is 4.01. The fraction of sp³-hybridized carbons (Fsp3) is 0.286. The topological polar surface area (TPSA) is 64.5 Å². The molecule has 4 rings (SSSR count). The molecule has 150 valence electrons. The first-order valence-corrected chi connectivity index (χ1v) is 10.1. The standard InChI is InChI=1S/C21H19Cl2N3O3/c1-2-29-21(27)17-12-25-19-16(20(17)26-5-7-28-8-6-26)3-4-24-18(19)13-9-14(22)11-15(23)10-13/h3-4,9-12H,2,5-8H2,1H3. The van der Waals surface area contributed by atoms with Crippen LogP contribution >= 0.6 is 23.2 Å². The van der Waals surface area contributed by atoms with Gasteiger partial charge in [0.05, 0.1) is 36.7 Å². The van der Waals surface area contributed by atoms with Gasteiger partial charge in [-0.25, -0.2) is 4.79 Å². The first-order chi connectivity index (χ1) is 14.1. The second kappa shape index (κ2) is 8.53. The van der Waals surface area contributed by atoms with E-state index in [0.717, 1.165) is 16.6 Å². The summed E-state index contributed by atoms with van der Waals surface area (Å²) in [4.78, 5) is 23.8. The highest BCUT2D eigenvalue weighted by molar-refractivity contribution is 6.35. The van der Waals surface area contributed by atoms with Crippen molar-refractivity contribution in [3.63, 3.8) is 0 Å². The molecule has 6 nitrogen and oxygen atoms in total. The molecule has 1 aromatic carbocycles. The van der Waals surface area contributed by atoms with Gasteiger partial charge in [-0.2, -0.15) is 0 Å². The van der Waals surface area contributed by atoms with Crippen LogP contribution in [-0.2, 0) is 9.47 Å². The molecular formula is C21H19Cl2N3O3. The van der Waals surface area contributed by atoms with Gasteiger partial charge in [-0.15, -0.1) is 0 Å². The Bertz CT molecular complexity index is 1050. The fourth-order valence-corrected chi connectivity index (χ4v) is 4.02. The number of rotatable bonds is 4. The van der Waals surface area contributed by atoms with Crippen molar-refractivity contribution in [3.8, 4) is 11.3 Å². The molecular weight excluding hydrogens is 413 g/mol. The third-order valence-electron chi connectivity index (χ3n) is 4.72. The minimum atomic E-state index is -0.396. The second-order valence-corrected chi connectivity index (χ2v) is 7.43. The largest absolute Gasteiger partial charge is 0.462 e. The van der Waals surface area contributed by atoms with Crippen molar-refractivity contribution in [1.82, 2.24) is 9.97 Å². The molecule has 3 aromatic rings. The molecule has 0 aliphatic carbocycles. The quantitative estimate of drug-likeness (QED) is 0.561. The zero-order chi connectivity index (χ0) is 20.4. The number of pyridine rings is 2. The predicted octanol–water partition coefficient (Wildman–Crippen LogP) is 4.62. The van der Waals surface area contributed by atoms with Crippen LogP contribution < -0.4 is 4.90 Å². The van der Waals surface area contributed by atoms with Gasteiger partial charge in [-0.3, -0.25) is 9.97 Å². The van der Waals surface area contributed by atoms with Gasteiger partial charge >= 0.3 is 5.97 Å². The summed E-state index contributed by atoms with van der Waals surface area (Å²) in [5, 5.41) is 1.85. The van der Waals surface area contributed by atoms with Gasteiger partial charge < -0.3 is 14.4 Å². The number of carbonyl (C=O) groups is 1. The number of nitrogens with zero attached hydrogens (tertiary/aromatic N) is 3. The molecule has 0 unspecified atom stereocenters. The molecule has 0 spiro atoms. The SMILES string of the molecule is CCOC(=O)c1cnc2c(-c3cc(Cl)cc(Cl)c3)nccc2c1N1CCOCC1. The molecule has 29 heavy (non-hydrogen) atoms. The van der Waals surface area contributed by atoms with Crippen LogP contribution in [-0.4, -0.2) is 48.8 Å². The van der Waals surface area contributed by atoms with Crippen LogP contribution in [0.4, 0.5) is 5.69 Å². The number of hydrogen-bond acceptors (Lipinski definition) is 6. The lowest BCUT2D eigenvalue weighted by atomic mass is 10.0. The van der Waals surface area contributed by atoms with Crippen molar-refractivity contribution in [3.05, 3.63) is 52.3 Å². The first kappa shape index (κ1) is 19.9. The predicted molar refractivity (Wildman–Crippen MR) is 114 cm³/mol. The summed E-state index contributed by atoms with van der Waals surface area (Å²) in [6, 6.07) is 7.13. The summed E-state index contributed by atoms with van der Waals surface area (Å²) < 4.78 is 10.8. The molecule has 2 aromatic heterocycles. The maximum Gasteiger partial charge on any atom is 0.341 e. The fourth-order valence-electron chi connectivity index (χ4n) is 3.50. The molecule has 0 saturated carbocycles. The molecule has 0 atom stereocenters. The van der Waals surface area contributed by atoms with Gasteiger partial charge in [0.1, 0.15) is 5.56 Å². The van der Waals surface area contributed by atoms with E-state index in [1.54, 1.807) is 37.5 Å². The maximum absolute atomic E-state index is 12.6. The Morgan fingerprint density at radius 2 is 1.90 bits per heavy atom. The van der Waals surface area contributed by atoms with Crippen LogP contribution in [0.5, 0.6) is 0 Å². The highest BCUT2D eigenvalue weighted by atomic mass is 35.5. The molecule has 1 aliphatic rings. The van der Waals surface area contributed by atoms with Crippen LogP contribution in [0, 0.1) is 0 Å². The minimum Gasteiger partial charge on any atom is -0.462 e. The molecule has 3 heterocycles. The zero-order valence-electron chi connectivity index (χ0n) is 15.8. The van der Waals surface area contributed by atoms with E-state index in [2.05, 4.69) is 14.9 Å². The van der Waals surface area contributed by atoms with E-state index in [-0.39, 0.29) is 0 Å². The van der Waals surface area contributed by atoms with E-state index in [1.807, 2.05) is 6.07 Å². The van der Waals surface area contributed by atoms with Crippen LogP contribution in [0.15, 0.2) is 36.7 Å². The number of esters is 1. The number of hydrogen-bond donors (Lipinski definition) is 0. The highest BCUT2D eigenvalue weighted by Crippen LogP contribution is 2.36. The number of benzene rings is 1. The molecule has 1 fully saturated rings. The van der Waals surface area contributed by atoms with Crippen LogP contribution in [0.25, 0.3) is 22.2 Å². The maximum atomic E-state index is 12.6. The average molecular weight is 432 g/mol. The Labute approximate surface area is 178 Å². The lowest BCUT2D eigenvalue weighted by molar-refractivity contribution is 0.0526. The van der Waals surface area contributed by atoms with Crippen molar-refractivity contribution in [2.75, 3.05) is 37.8 Å². The van der Waals surface area contributed by atoms with Crippen LogP contribution in [0.1, 0.15) is 17.3 Å². The molecule has 0 bridgehead atoms. The Morgan fingerprint density at radius 1 is 1.17 bits per heavy atom. The van der Waals surface area contributed by atoms with Crippen LogP contribution in [0.2, 0.25) is 10.0 Å². The number of morpholine rings is 1. The number of halogens is 2. The van der Waals surface area contributed by atoms with E-state index in [4.69, 9.17) is 32.7 Å². The van der Waals surface area contributed by atoms with Crippen molar-refractivity contribution < 1.29 is 14.3 Å². The normalized spacial score (nSPS) is 14.2. The van der Waals surface area contributed by atoms with Gasteiger partial charge in [0, 0.05) is 46.5 Å².